The van der Waals surface area contributed by atoms with E-state index in [4.69, 9.17) is 4.74 Å². The number of aryl methyl sites for hydroxylation is 2. The zero-order valence-corrected chi connectivity index (χ0v) is 21.2. The van der Waals surface area contributed by atoms with Crippen molar-refractivity contribution >= 4 is 28.8 Å². The topological polar surface area (TPSA) is 70.1 Å². The molecule has 6 nitrogen and oxygen atoms in total. The molecule has 33 heavy (non-hydrogen) atoms. The molecule has 1 atom stereocenters. The highest BCUT2D eigenvalue weighted by molar-refractivity contribution is 7.10. The molecule has 1 fully saturated rings. The Kier molecular flexibility index (Phi) is 7.97. The number of carbonyl (C=O) groups is 2. The normalized spacial score (nSPS) is 18.1. The zero-order chi connectivity index (χ0) is 24.3. The summed E-state index contributed by atoms with van der Waals surface area (Å²) in [4.78, 5) is 30.7. The Bertz CT molecular complexity index is 1050. The predicted molar refractivity (Wildman–Crippen MR) is 133 cm³/mol. The van der Waals surface area contributed by atoms with Gasteiger partial charge in [-0.1, -0.05) is 13.8 Å². The van der Waals surface area contributed by atoms with Gasteiger partial charge in [0.05, 0.1) is 18.2 Å². The Morgan fingerprint density at radius 2 is 1.91 bits per heavy atom. The van der Waals surface area contributed by atoms with Gasteiger partial charge in [0.1, 0.15) is 11.5 Å². The van der Waals surface area contributed by atoms with Crippen molar-refractivity contribution in [3.05, 3.63) is 56.8 Å². The van der Waals surface area contributed by atoms with Crippen molar-refractivity contribution in [2.24, 2.45) is 5.92 Å². The van der Waals surface area contributed by atoms with Crippen LogP contribution in [0.25, 0.3) is 5.76 Å². The van der Waals surface area contributed by atoms with Gasteiger partial charge in [0.2, 0.25) is 0 Å². The third kappa shape index (κ3) is 5.47. The third-order valence-corrected chi connectivity index (χ3v) is 6.79. The van der Waals surface area contributed by atoms with E-state index in [2.05, 4.69) is 13.8 Å². The second-order valence-electron chi connectivity index (χ2n) is 9.30. The molecule has 0 spiro atoms. The van der Waals surface area contributed by atoms with E-state index < -0.39 is 17.7 Å². The van der Waals surface area contributed by atoms with E-state index in [1.165, 1.54) is 11.3 Å². The molecule has 1 N–H and O–H groups in total. The number of amides is 1. The number of benzene rings is 1. The van der Waals surface area contributed by atoms with E-state index in [1.54, 1.807) is 11.0 Å². The lowest BCUT2D eigenvalue weighted by Gasteiger charge is -2.25. The van der Waals surface area contributed by atoms with Crippen molar-refractivity contribution < 1.29 is 19.4 Å². The highest BCUT2D eigenvalue weighted by Crippen LogP contribution is 2.42. The van der Waals surface area contributed by atoms with Gasteiger partial charge >= 0.3 is 0 Å². The molecule has 1 aliphatic rings. The number of hydrogen-bond donors (Lipinski definition) is 1. The maximum Gasteiger partial charge on any atom is 0.295 e. The van der Waals surface area contributed by atoms with Crippen molar-refractivity contribution in [3.8, 4) is 5.75 Å². The Morgan fingerprint density at radius 1 is 1.18 bits per heavy atom. The van der Waals surface area contributed by atoms with E-state index in [0.717, 1.165) is 34.7 Å². The molecule has 7 heteroatoms. The molecule has 1 saturated heterocycles. The Hall–Kier alpha value is -2.64. The van der Waals surface area contributed by atoms with Crippen LogP contribution in [-0.4, -0.2) is 60.4 Å². The average molecular weight is 471 g/mol. The Labute approximate surface area is 200 Å². The SMILES string of the molecule is Cc1cc(/C(O)=C2/C(=O)C(=O)N(CCCN(C)C)C2c2sccc2C)ccc1OCC(C)C. The van der Waals surface area contributed by atoms with E-state index in [0.29, 0.717) is 24.6 Å². The Morgan fingerprint density at radius 3 is 2.48 bits per heavy atom. The summed E-state index contributed by atoms with van der Waals surface area (Å²) in [5.74, 6) is -0.181. The molecule has 2 aromatic rings. The van der Waals surface area contributed by atoms with Gasteiger partial charge in [-0.2, -0.15) is 0 Å². The molecule has 1 aliphatic heterocycles. The van der Waals surface area contributed by atoms with Crippen molar-refractivity contribution in [2.45, 2.75) is 40.2 Å². The lowest BCUT2D eigenvalue weighted by molar-refractivity contribution is -0.139. The van der Waals surface area contributed by atoms with Crippen LogP contribution in [0.2, 0.25) is 0 Å². The minimum Gasteiger partial charge on any atom is -0.507 e. The first-order valence-electron chi connectivity index (χ1n) is 11.3. The van der Waals surface area contributed by atoms with Gasteiger partial charge < -0.3 is 19.6 Å². The molecule has 0 saturated carbocycles. The van der Waals surface area contributed by atoms with Crippen LogP contribution >= 0.6 is 11.3 Å². The Balaban J connectivity index is 2.02. The molecule has 3 rings (SSSR count). The van der Waals surface area contributed by atoms with Gasteiger partial charge in [-0.3, -0.25) is 9.59 Å². The molecule has 1 amide bonds. The minimum absolute atomic E-state index is 0.139. The predicted octanol–water partition coefficient (Wildman–Crippen LogP) is 4.77. The smallest absolute Gasteiger partial charge is 0.295 e. The number of Topliss-reactive ketones (excluding diaryl/α,β-unsaturated/α-hetero) is 1. The van der Waals surface area contributed by atoms with E-state index in [1.807, 2.05) is 56.4 Å². The van der Waals surface area contributed by atoms with Gasteiger partial charge in [0.25, 0.3) is 11.7 Å². The number of carbonyl (C=O) groups excluding carboxylic acids is 2. The molecule has 0 aliphatic carbocycles. The fourth-order valence-corrected chi connectivity index (χ4v) is 5.02. The number of likely N-dealkylation sites (tertiary alicyclic amines) is 1. The lowest BCUT2D eigenvalue weighted by atomic mass is 9.97. The molecule has 1 unspecified atom stereocenters. The summed E-state index contributed by atoms with van der Waals surface area (Å²) in [6.45, 7) is 9.89. The van der Waals surface area contributed by atoms with Crippen molar-refractivity contribution in [1.82, 2.24) is 9.80 Å². The summed E-state index contributed by atoms with van der Waals surface area (Å²) in [6.07, 6.45) is 0.738. The summed E-state index contributed by atoms with van der Waals surface area (Å²) >= 11 is 1.50. The number of ketones is 1. The maximum atomic E-state index is 13.1. The van der Waals surface area contributed by atoms with Crippen LogP contribution in [0.5, 0.6) is 5.75 Å². The van der Waals surface area contributed by atoms with Gasteiger partial charge in [-0.25, -0.2) is 0 Å². The number of nitrogens with zero attached hydrogens (tertiary/aromatic N) is 2. The average Bonchev–Trinajstić information content (AvgIpc) is 3.27. The molecule has 2 heterocycles. The number of hydrogen-bond acceptors (Lipinski definition) is 6. The molecule has 1 aromatic carbocycles. The molecular formula is C26H34N2O4S. The monoisotopic (exact) mass is 470 g/mol. The maximum absolute atomic E-state index is 13.1. The molecule has 0 bridgehead atoms. The van der Waals surface area contributed by atoms with Crippen molar-refractivity contribution in [1.29, 1.82) is 0 Å². The number of ether oxygens (including phenoxy) is 1. The van der Waals surface area contributed by atoms with Crippen LogP contribution in [0.3, 0.4) is 0 Å². The van der Waals surface area contributed by atoms with Gasteiger partial charge in [0, 0.05) is 17.0 Å². The largest absolute Gasteiger partial charge is 0.507 e. The quantitative estimate of drug-likeness (QED) is 0.325. The summed E-state index contributed by atoms with van der Waals surface area (Å²) in [6, 6.07) is 6.76. The summed E-state index contributed by atoms with van der Waals surface area (Å²) in [7, 11) is 3.96. The highest BCUT2D eigenvalue weighted by Gasteiger charge is 2.46. The zero-order valence-electron chi connectivity index (χ0n) is 20.3. The number of thiophene rings is 1. The standard InChI is InChI=1S/C26H34N2O4S/c1-16(2)15-32-20-9-8-19(14-18(20)4)23(29)21-22(25-17(3)10-13-33-25)28(26(31)24(21)30)12-7-11-27(5)6/h8-10,13-14,16,22,29H,7,11-12,15H2,1-6H3/b23-21-. The number of aliphatic hydroxyl groups is 1. The van der Waals surface area contributed by atoms with E-state index in [-0.39, 0.29) is 11.3 Å². The van der Waals surface area contributed by atoms with E-state index >= 15 is 0 Å². The number of aliphatic hydroxyl groups excluding tert-OH is 1. The van der Waals surface area contributed by atoms with Gasteiger partial charge in [-0.15, -0.1) is 11.3 Å². The van der Waals surface area contributed by atoms with Crippen LogP contribution in [0.1, 0.15) is 47.9 Å². The van der Waals surface area contributed by atoms with Crippen molar-refractivity contribution in [2.75, 3.05) is 33.8 Å². The molecular weight excluding hydrogens is 436 g/mol. The highest BCUT2D eigenvalue weighted by atomic mass is 32.1. The first-order valence-corrected chi connectivity index (χ1v) is 12.2. The first kappa shape index (κ1) is 25.0. The lowest BCUT2D eigenvalue weighted by Crippen LogP contribution is -2.32. The summed E-state index contributed by atoms with van der Waals surface area (Å²) < 4.78 is 5.84. The minimum atomic E-state index is -0.632. The van der Waals surface area contributed by atoms with Crippen LogP contribution in [0, 0.1) is 19.8 Å². The van der Waals surface area contributed by atoms with Gasteiger partial charge in [-0.05, 0) is 87.6 Å². The fourth-order valence-electron chi connectivity index (χ4n) is 3.98. The summed E-state index contributed by atoms with van der Waals surface area (Å²) in [5, 5.41) is 13.2. The first-order chi connectivity index (χ1) is 15.6. The molecule has 1 aromatic heterocycles. The molecule has 0 radical (unpaired) electrons. The van der Waals surface area contributed by atoms with Crippen LogP contribution in [0.4, 0.5) is 0 Å². The summed E-state index contributed by atoms with van der Waals surface area (Å²) in [5.41, 5.74) is 2.54. The van der Waals surface area contributed by atoms with Crippen LogP contribution in [-0.2, 0) is 9.59 Å². The van der Waals surface area contributed by atoms with Crippen LogP contribution < -0.4 is 4.74 Å². The molecule has 178 valence electrons. The second kappa shape index (κ2) is 10.5. The third-order valence-electron chi connectivity index (χ3n) is 5.71. The fraction of sp³-hybridized carbons (Fsp3) is 0.462. The second-order valence-corrected chi connectivity index (χ2v) is 10.3. The number of rotatable bonds is 9. The van der Waals surface area contributed by atoms with Crippen LogP contribution in [0.15, 0.2) is 35.2 Å². The van der Waals surface area contributed by atoms with E-state index in [9.17, 15) is 14.7 Å². The van der Waals surface area contributed by atoms with Gasteiger partial charge in [0.15, 0.2) is 0 Å². The van der Waals surface area contributed by atoms with Crippen molar-refractivity contribution in [3.63, 3.8) is 0 Å².